The number of hydrogen-bond donors (Lipinski definition) is 2. The SMILES string of the molecule is CC(=O)[O-].OCC1COC(CO)O1.[Na+]. The van der Waals surface area contributed by atoms with Gasteiger partial charge in [0.15, 0.2) is 6.29 Å². The van der Waals surface area contributed by atoms with Crippen molar-refractivity contribution in [3.63, 3.8) is 0 Å². The van der Waals surface area contributed by atoms with Gasteiger partial charge in [-0.15, -0.1) is 0 Å². The Hall–Kier alpha value is 0.310. The molecule has 1 saturated heterocycles. The summed E-state index contributed by atoms with van der Waals surface area (Å²) in [4.78, 5) is 8.89. The van der Waals surface area contributed by atoms with Crippen LogP contribution in [0.1, 0.15) is 6.92 Å². The van der Waals surface area contributed by atoms with E-state index in [2.05, 4.69) is 0 Å². The van der Waals surface area contributed by atoms with Gasteiger partial charge in [0.1, 0.15) is 6.10 Å². The van der Waals surface area contributed by atoms with Crippen molar-refractivity contribution in [3.8, 4) is 0 Å². The molecule has 1 aliphatic heterocycles. The second-order valence-corrected chi connectivity index (χ2v) is 2.38. The number of rotatable bonds is 2. The molecule has 1 aliphatic rings. The fourth-order valence-electron chi connectivity index (χ4n) is 0.699. The summed E-state index contributed by atoms with van der Waals surface area (Å²) in [6, 6.07) is 0. The first kappa shape index (κ1) is 16.7. The van der Waals surface area contributed by atoms with E-state index in [-0.39, 0.29) is 48.9 Å². The summed E-state index contributed by atoms with van der Waals surface area (Å²) in [6.45, 7) is 1.16. The first-order chi connectivity index (χ1) is 6.10. The molecule has 78 valence electrons. The van der Waals surface area contributed by atoms with Crippen LogP contribution in [0.15, 0.2) is 0 Å². The Kier molecular flexibility index (Phi) is 11.8. The van der Waals surface area contributed by atoms with Gasteiger partial charge in [0, 0.05) is 5.97 Å². The molecule has 14 heavy (non-hydrogen) atoms. The van der Waals surface area contributed by atoms with Crippen molar-refractivity contribution in [1.29, 1.82) is 0 Å². The number of aliphatic hydroxyl groups excluding tert-OH is 2. The molecule has 2 unspecified atom stereocenters. The molecule has 0 amide bonds. The van der Waals surface area contributed by atoms with Crippen molar-refractivity contribution in [1.82, 2.24) is 0 Å². The van der Waals surface area contributed by atoms with Crippen molar-refractivity contribution < 1.29 is 59.1 Å². The van der Waals surface area contributed by atoms with E-state index in [0.29, 0.717) is 6.61 Å². The summed E-state index contributed by atoms with van der Waals surface area (Å²) in [7, 11) is 0. The average Bonchev–Trinajstić information content (AvgIpc) is 2.50. The van der Waals surface area contributed by atoms with Gasteiger partial charge in [-0.3, -0.25) is 0 Å². The first-order valence-electron chi connectivity index (χ1n) is 3.76. The molecule has 2 N–H and O–H groups in total. The quantitative estimate of drug-likeness (QED) is 0.447. The topological polar surface area (TPSA) is 99.1 Å². The van der Waals surface area contributed by atoms with E-state index in [9.17, 15) is 0 Å². The number of carbonyl (C=O) groups excluding carboxylic acids is 1. The molecule has 0 radical (unpaired) electrons. The molecular weight excluding hydrogens is 203 g/mol. The summed E-state index contributed by atoms with van der Waals surface area (Å²) in [6.07, 6.45) is -0.774. The van der Waals surface area contributed by atoms with Gasteiger partial charge >= 0.3 is 29.6 Å². The van der Waals surface area contributed by atoms with Gasteiger partial charge < -0.3 is 29.6 Å². The molecule has 0 bridgehead atoms. The van der Waals surface area contributed by atoms with Crippen molar-refractivity contribution in [2.75, 3.05) is 19.8 Å². The third-order valence-corrected chi connectivity index (χ3v) is 1.16. The minimum absolute atomic E-state index is 0. The zero-order chi connectivity index (χ0) is 10.3. The van der Waals surface area contributed by atoms with Gasteiger partial charge in [-0.25, -0.2) is 0 Å². The average molecular weight is 216 g/mol. The van der Waals surface area contributed by atoms with Crippen LogP contribution < -0.4 is 34.7 Å². The third kappa shape index (κ3) is 8.89. The molecule has 1 heterocycles. The van der Waals surface area contributed by atoms with Crippen molar-refractivity contribution in [2.45, 2.75) is 19.3 Å². The van der Waals surface area contributed by atoms with Crippen LogP contribution in [-0.4, -0.2) is 48.4 Å². The predicted octanol–water partition coefficient (Wildman–Crippen LogP) is -5.53. The number of carbonyl (C=O) groups is 1. The third-order valence-electron chi connectivity index (χ3n) is 1.16. The van der Waals surface area contributed by atoms with E-state index in [1.54, 1.807) is 0 Å². The van der Waals surface area contributed by atoms with Gasteiger partial charge in [-0.1, -0.05) is 0 Å². The zero-order valence-corrected chi connectivity index (χ0v) is 10.3. The Morgan fingerprint density at radius 2 is 2.00 bits per heavy atom. The van der Waals surface area contributed by atoms with Gasteiger partial charge in [-0.2, -0.15) is 0 Å². The molecular formula is C7H13NaO6. The van der Waals surface area contributed by atoms with Crippen molar-refractivity contribution in [3.05, 3.63) is 0 Å². The monoisotopic (exact) mass is 216 g/mol. The summed E-state index contributed by atoms with van der Waals surface area (Å²) in [5, 5.41) is 25.8. The van der Waals surface area contributed by atoms with E-state index in [1.807, 2.05) is 0 Å². The Labute approximate surface area is 104 Å². The van der Waals surface area contributed by atoms with Gasteiger partial charge in [-0.05, 0) is 6.92 Å². The minimum Gasteiger partial charge on any atom is -0.550 e. The van der Waals surface area contributed by atoms with E-state index in [4.69, 9.17) is 29.6 Å². The summed E-state index contributed by atoms with van der Waals surface area (Å²) in [5.74, 6) is -1.08. The molecule has 0 spiro atoms. The smallest absolute Gasteiger partial charge is 0.550 e. The summed E-state index contributed by atoms with van der Waals surface area (Å²) in [5.41, 5.74) is 0. The normalized spacial score (nSPS) is 24.5. The molecule has 0 aromatic heterocycles. The molecule has 7 heteroatoms. The van der Waals surface area contributed by atoms with Crippen LogP contribution in [-0.2, 0) is 14.3 Å². The molecule has 0 aromatic rings. The molecule has 1 fully saturated rings. The van der Waals surface area contributed by atoms with Crippen LogP contribution in [0.25, 0.3) is 0 Å². The predicted molar refractivity (Wildman–Crippen MR) is 39.5 cm³/mol. The fourth-order valence-corrected chi connectivity index (χ4v) is 0.699. The van der Waals surface area contributed by atoms with Crippen LogP contribution in [0.4, 0.5) is 0 Å². The van der Waals surface area contributed by atoms with Crippen LogP contribution in [0.5, 0.6) is 0 Å². The fraction of sp³-hybridized carbons (Fsp3) is 0.857. The maximum Gasteiger partial charge on any atom is 1.00 e. The Morgan fingerprint density at radius 3 is 2.21 bits per heavy atom. The Bertz CT molecular complexity index is 139. The zero-order valence-electron chi connectivity index (χ0n) is 8.30. The number of carboxylic acids is 1. The Morgan fingerprint density at radius 1 is 1.50 bits per heavy atom. The molecule has 6 nitrogen and oxygen atoms in total. The van der Waals surface area contributed by atoms with Gasteiger partial charge in [0.25, 0.3) is 0 Å². The molecule has 0 aliphatic carbocycles. The number of hydrogen-bond acceptors (Lipinski definition) is 6. The number of ether oxygens (including phenoxy) is 2. The van der Waals surface area contributed by atoms with Gasteiger partial charge in [0.05, 0.1) is 19.8 Å². The number of aliphatic hydroxyl groups is 2. The summed E-state index contributed by atoms with van der Waals surface area (Å²) >= 11 is 0. The molecule has 1 rings (SSSR count). The molecule has 2 atom stereocenters. The second kappa shape index (κ2) is 9.85. The largest absolute Gasteiger partial charge is 1.00 e. The molecule has 0 saturated carbocycles. The Balaban J connectivity index is 0. The van der Waals surface area contributed by atoms with E-state index in [0.717, 1.165) is 6.92 Å². The van der Waals surface area contributed by atoms with E-state index < -0.39 is 12.3 Å². The number of aliphatic carboxylic acids is 1. The molecule has 0 aromatic carbocycles. The van der Waals surface area contributed by atoms with Crippen molar-refractivity contribution >= 4 is 5.97 Å². The maximum absolute atomic E-state index is 8.89. The van der Waals surface area contributed by atoms with Crippen LogP contribution in [0.2, 0.25) is 0 Å². The summed E-state index contributed by atoms with van der Waals surface area (Å²) < 4.78 is 9.81. The van der Waals surface area contributed by atoms with Crippen LogP contribution in [0.3, 0.4) is 0 Å². The second-order valence-electron chi connectivity index (χ2n) is 2.38. The first-order valence-corrected chi connectivity index (χ1v) is 3.76. The maximum atomic E-state index is 8.89. The minimum atomic E-state index is -1.08. The van der Waals surface area contributed by atoms with E-state index >= 15 is 0 Å². The van der Waals surface area contributed by atoms with Gasteiger partial charge in [0.2, 0.25) is 0 Å². The van der Waals surface area contributed by atoms with Crippen LogP contribution in [0, 0.1) is 0 Å². The van der Waals surface area contributed by atoms with Crippen molar-refractivity contribution in [2.24, 2.45) is 0 Å². The van der Waals surface area contributed by atoms with E-state index in [1.165, 1.54) is 0 Å². The number of carboxylic acid groups (broad SMARTS) is 1. The standard InChI is InChI=1S/C5H10O4.C2H4O2.Na/c6-1-4-3-8-5(2-7)9-4;1-2(3)4;/h4-7H,1-3H2;1H3,(H,3,4);/q;;+1/p-1. The van der Waals surface area contributed by atoms with Crippen LogP contribution >= 0.6 is 0 Å².